The molecule has 0 aromatic heterocycles. The minimum atomic E-state index is 0.424. The van der Waals surface area contributed by atoms with Crippen molar-refractivity contribution in [3.63, 3.8) is 0 Å². The van der Waals surface area contributed by atoms with E-state index in [-0.39, 0.29) is 0 Å². The number of benzene rings is 1. The predicted molar refractivity (Wildman–Crippen MR) is 118 cm³/mol. The highest BCUT2D eigenvalue weighted by Crippen LogP contribution is 2.35. The maximum atomic E-state index is 6.31. The molecule has 0 unspecified atom stereocenters. The number of hydrogen-bond donors (Lipinski definition) is 0. The molecule has 1 saturated carbocycles. The van der Waals surface area contributed by atoms with Crippen LogP contribution in [0.15, 0.2) is 18.2 Å². The van der Waals surface area contributed by atoms with Crippen molar-refractivity contribution in [3.8, 4) is 11.5 Å². The summed E-state index contributed by atoms with van der Waals surface area (Å²) in [6.07, 6.45) is 4.29. The summed E-state index contributed by atoms with van der Waals surface area (Å²) in [7, 11) is 5.43. The van der Waals surface area contributed by atoms with Gasteiger partial charge in [-0.3, -0.25) is 0 Å². The van der Waals surface area contributed by atoms with E-state index in [0.717, 1.165) is 42.7 Å². The first kappa shape index (κ1) is 24.0. The standard InChI is InChI=1S/C24H41NO4/c1-18(2)21-9-7-19(3)15-23(21)29-14-12-25(4)11-13-28-17-20-8-10-22(26-5)24(16-20)27-6/h8,10,16,18-19,21,23H,7,9,11-15,17H2,1-6H3/t19-,21+,23-/m1/s1. The van der Waals surface area contributed by atoms with Gasteiger partial charge < -0.3 is 23.8 Å². The normalized spacial score (nSPS) is 22.3. The molecule has 1 aliphatic rings. The van der Waals surface area contributed by atoms with Crippen LogP contribution in [0.4, 0.5) is 0 Å². The fourth-order valence-corrected chi connectivity index (χ4v) is 4.16. The van der Waals surface area contributed by atoms with Gasteiger partial charge in [-0.1, -0.05) is 33.3 Å². The van der Waals surface area contributed by atoms with E-state index in [1.165, 1.54) is 19.3 Å². The van der Waals surface area contributed by atoms with Crippen molar-refractivity contribution >= 4 is 0 Å². The van der Waals surface area contributed by atoms with Gasteiger partial charge in [-0.15, -0.1) is 0 Å². The number of hydrogen-bond acceptors (Lipinski definition) is 5. The van der Waals surface area contributed by atoms with Crippen LogP contribution < -0.4 is 9.47 Å². The topological polar surface area (TPSA) is 40.2 Å². The molecule has 1 aliphatic carbocycles. The van der Waals surface area contributed by atoms with E-state index in [0.29, 0.717) is 31.2 Å². The molecule has 0 saturated heterocycles. The fourth-order valence-electron chi connectivity index (χ4n) is 4.16. The SMILES string of the molecule is COc1ccc(COCCN(C)CCO[C@@H]2C[C@H](C)CC[C@H]2C(C)C)cc1OC. The maximum absolute atomic E-state index is 6.31. The molecule has 0 spiro atoms. The summed E-state index contributed by atoms with van der Waals surface area (Å²) in [4.78, 5) is 2.28. The average molecular weight is 408 g/mol. The van der Waals surface area contributed by atoms with E-state index < -0.39 is 0 Å². The lowest BCUT2D eigenvalue weighted by atomic mass is 9.75. The molecule has 0 amide bonds. The van der Waals surface area contributed by atoms with E-state index in [1.807, 2.05) is 18.2 Å². The van der Waals surface area contributed by atoms with Gasteiger partial charge in [0.2, 0.25) is 0 Å². The summed E-state index contributed by atoms with van der Waals surface area (Å²) >= 11 is 0. The molecule has 29 heavy (non-hydrogen) atoms. The first-order valence-corrected chi connectivity index (χ1v) is 11.0. The van der Waals surface area contributed by atoms with Crippen LogP contribution in [0.2, 0.25) is 0 Å². The lowest BCUT2D eigenvalue weighted by Gasteiger charge is -2.37. The van der Waals surface area contributed by atoms with Gasteiger partial charge >= 0.3 is 0 Å². The third-order valence-corrected chi connectivity index (χ3v) is 6.10. The summed E-state index contributed by atoms with van der Waals surface area (Å²) in [5, 5.41) is 0. The van der Waals surface area contributed by atoms with Gasteiger partial charge in [0.1, 0.15) is 0 Å². The molecule has 0 radical (unpaired) electrons. The van der Waals surface area contributed by atoms with Crippen molar-refractivity contribution < 1.29 is 18.9 Å². The Balaban J connectivity index is 1.64. The first-order chi connectivity index (χ1) is 13.9. The van der Waals surface area contributed by atoms with Gasteiger partial charge in [-0.25, -0.2) is 0 Å². The highest BCUT2D eigenvalue weighted by molar-refractivity contribution is 5.42. The Hall–Kier alpha value is -1.30. The first-order valence-electron chi connectivity index (χ1n) is 11.0. The molecular formula is C24H41NO4. The smallest absolute Gasteiger partial charge is 0.161 e. The van der Waals surface area contributed by atoms with Gasteiger partial charge in [0.25, 0.3) is 0 Å². The molecule has 1 aromatic carbocycles. The van der Waals surface area contributed by atoms with Gasteiger partial charge in [0.15, 0.2) is 11.5 Å². The largest absolute Gasteiger partial charge is 0.493 e. The van der Waals surface area contributed by atoms with Crippen LogP contribution in [0.5, 0.6) is 11.5 Å². The van der Waals surface area contributed by atoms with Crippen LogP contribution in [-0.2, 0) is 16.1 Å². The van der Waals surface area contributed by atoms with E-state index >= 15 is 0 Å². The van der Waals surface area contributed by atoms with Crippen LogP contribution in [0.25, 0.3) is 0 Å². The predicted octanol–water partition coefficient (Wildman–Crippen LogP) is 4.63. The van der Waals surface area contributed by atoms with Gasteiger partial charge in [0.05, 0.1) is 40.1 Å². The molecule has 166 valence electrons. The highest BCUT2D eigenvalue weighted by Gasteiger charge is 2.31. The fraction of sp³-hybridized carbons (Fsp3) is 0.750. The van der Waals surface area contributed by atoms with Gasteiger partial charge in [-0.05, 0) is 55.3 Å². The zero-order valence-corrected chi connectivity index (χ0v) is 19.3. The number of ether oxygens (including phenoxy) is 4. The van der Waals surface area contributed by atoms with Crippen LogP contribution in [-0.4, -0.2) is 58.6 Å². The Morgan fingerprint density at radius 1 is 1.03 bits per heavy atom. The van der Waals surface area contributed by atoms with Crippen molar-refractivity contribution in [1.82, 2.24) is 4.90 Å². The summed E-state index contributed by atoms with van der Waals surface area (Å²) in [6.45, 7) is 10.9. The van der Waals surface area contributed by atoms with Crippen molar-refractivity contribution in [1.29, 1.82) is 0 Å². The minimum Gasteiger partial charge on any atom is -0.493 e. The number of nitrogens with zero attached hydrogens (tertiary/aromatic N) is 1. The molecule has 5 heteroatoms. The van der Waals surface area contributed by atoms with E-state index in [9.17, 15) is 0 Å². The summed E-state index contributed by atoms with van der Waals surface area (Å²) in [5.41, 5.74) is 1.08. The average Bonchev–Trinajstić information content (AvgIpc) is 2.70. The quantitative estimate of drug-likeness (QED) is 0.473. The van der Waals surface area contributed by atoms with Crippen molar-refractivity contribution in [2.24, 2.45) is 17.8 Å². The molecule has 0 bridgehead atoms. The van der Waals surface area contributed by atoms with Crippen LogP contribution in [0.1, 0.15) is 45.6 Å². The molecule has 0 aliphatic heterocycles. The summed E-state index contributed by atoms with van der Waals surface area (Å²) in [5.74, 6) is 3.68. The van der Waals surface area contributed by atoms with Gasteiger partial charge in [-0.2, -0.15) is 0 Å². The molecule has 1 aromatic rings. The molecule has 2 rings (SSSR count). The lowest BCUT2D eigenvalue weighted by Crippen LogP contribution is -2.36. The van der Waals surface area contributed by atoms with E-state index in [2.05, 4.69) is 32.7 Å². The maximum Gasteiger partial charge on any atom is 0.161 e. The Morgan fingerprint density at radius 3 is 2.45 bits per heavy atom. The zero-order valence-electron chi connectivity index (χ0n) is 19.3. The molecule has 5 nitrogen and oxygen atoms in total. The van der Waals surface area contributed by atoms with E-state index in [4.69, 9.17) is 18.9 Å². The summed E-state index contributed by atoms with van der Waals surface area (Å²) in [6, 6.07) is 5.89. The molecule has 3 atom stereocenters. The minimum absolute atomic E-state index is 0.424. The van der Waals surface area contributed by atoms with Gasteiger partial charge in [0, 0.05) is 13.1 Å². The Bertz CT molecular complexity index is 592. The Labute approximate surface area is 177 Å². The third-order valence-electron chi connectivity index (χ3n) is 6.10. The Morgan fingerprint density at radius 2 is 1.76 bits per heavy atom. The second-order valence-electron chi connectivity index (χ2n) is 8.78. The van der Waals surface area contributed by atoms with Crippen molar-refractivity contribution in [2.45, 2.75) is 52.7 Å². The van der Waals surface area contributed by atoms with Crippen LogP contribution in [0.3, 0.4) is 0 Å². The number of rotatable bonds is 12. The lowest BCUT2D eigenvalue weighted by molar-refractivity contribution is -0.0440. The second kappa shape index (κ2) is 12.4. The molecular weight excluding hydrogens is 366 g/mol. The van der Waals surface area contributed by atoms with E-state index in [1.54, 1.807) is 14.2 Å². The zero-order chi connectivity index (χ0) is 21.2. The number of likely N-dealkylation sites (N-methyl/N-ethyl adjacent to an activating group) is 1. The van der Waals surface area contributed by atoms with Crippen molar-refractivity contribution in [2.75, 3.05) is 47.6 Å². The van der Waals surface area contributed by atoms with Crippen LogP contribution in [0, 0.1) is 17.8 Å². The monoisotopic (exact) mass is 407 g/mol. The van der Waals surface area contributed by atoms with Crippen LogP contribution >= 0.6 is 0 Å². The van der Waals surface area contributed by atoms with Crippen molar-refractivity contribution in [3.05, 3.63) is 23.8 Å². The third kappa shape index (κ3) is 7.80. The summed E-state index contributed by atoms with van der Waals surface area (Å²) < 4.78 is 22.8. The molecule has 0 heterocycles. The highest BCUT2D eigenvalue weighted by atomic mass is 16.5. The molecule has 1 fully saturated rings. The number of methoxy groups -OCH3 is 2. The second-order valence-corrected chi connectivity index (χ2v) is 8.78. The Kier molecular flexibility index (Phi) is 10.3. The molecule has 0 N–H and O–H groups in total.